The summed E-state index contributed by atoms with van der Waals surface area (Å²) in [5.74, 6) is 1.48. The molecular formula is C22H30N4O3. The molecule has 0 radical (unpaired) electrons. The molecule has 0 N–H and O–H groups in total. The zero-order chi connectivity index (χ0) is 20.2. The number of benzene rings is 1. The Morgan fingerprint density at radius 3 is 2.55 bits per heavy atom. The maximum Gasteiger partial charge on any atom is 0.275 e. The number of hydrogen-bond donors (Lipinski definition) is 0. The lowest BCUT2D eigenvalue weighted by Crippen LogP contribution is -2.47. The minimum absolute atomic E-state index is 0.0300. The van der Waals surface area contributed by atoms with Gasteiger partial charge < -0.3 is 19.0 Å². The Morgan fingerprint density at radius 2 is 1.90 bits per heavy atom. The van der Waals surface area contributed by atoms with E-state index in [2.05, 4.69) is 34.0 Å². The Balaban J connectivity index is 1.37. The highest BCUT2D eigenvalue weighted by molar-refractivity contribution is 5.92. The lowest BCUT2D eigenvalue weighted by Gasteiger charge is -2.31. The summed E-state index contributed by atoms with van der Waals surface area (Å²) in [5.41, 5.74) is 1.65. The van der Waals surface area contributed by atoms with Gasteiger partial charge in [0.2, 0.25) is 5.89 Å². The molecule has 1 aromatic heterocycles. The molecule has 0 atom stereocenters. The van der Waals surface area contributed by atoms with Crippen molar-refractivity contribution in [1.82, 2.24) is 19.7 Å². The number of rotatable bonds is 8. The van der Waals surface area contributed by atoms with Gasteiger partial charge in [-0.1, -0.05) is 12.1 Å². The van der Waals surface area contributed by atoms with Crippen molar-refractivity contribution in [3.63, 3.8) is 0 Å². The number of oxazole rings is 1. The molecule has 2 fully saturated rings. The van der Waals surface area contributed by atoms with E-state index in [0.717, 1.165) is 38.5 Å². The molecule has 4 rings (SSSR count). The topological polar surface area (TPSA) is 62.1 Å². The van der Waals surface area contributed by atoms with E-state index < -0.39 is 0 Å². The number of carbonyl (C=O) groups is 1. The molecule has 1 saturated heterocycles. The van der Waals surface area contributed by atoms with Crippen molar-refractivity contribution in [2.24, 2.45) is 0 Å². The molecule has 0 bridgehead atoms. The van der Waals surface area contributed by atoms with Crippen molar-refractivity contribution in [1.29, 1.82) is 0 Å². The number of ether oxygens (including phenoxy) is 1. The van der Waals surface area contributed by atoms with Crippen LogP contribution in [0.4, 0.5) is 0 Å². The van der Waals surface area contributed by atoms with Gasteiger partial charge in [0.05, 0.1) is 13.2 Å². The predicted molar refractivity (Wildman–Crippen MR) is 110 cm³/mol. The highest BCUT2D eigenvalue weighted by Crippen LogP contribution is 2.30. The Morgan fingerprint density at radius 1 is 1.17 bits per heavy atom. The van der Waals surface area contributed by atoms with E-state index in [9.17, 15) is 4.79 Å². The van der Waals surface area contributed by atoms with E-state index in [1.54, 1.807) is 0 Å². The number of amides is 1. The summed E-state index contributed by atoms with van der Waals surface area (Å²) in [7, 11) is 2.08. The first-order valence-electron chi connectivity index (χ1n) is 10.5. The van der Waals surface area contributed by atoms with Gasteiger partial charge in [0.1, 0.15) is 12.0 Å². The van der Waals surface area contributed by atoms with Crippen LogP contribution in [0.25, 0.3) is 0 Å². The molecule has 7 heteroatoms. The second kappa shape index (κ2) is 8.97. The Kier molecular flexibility index (Phi) is 6.16. The monoisotopic (exact) mass is 398 g/mol. The molecule has 1 amide bonds. The average molecular weight is 399 g/mol. The van der Waals surface area contributed by atoms with Crippen molar-refractivity contribution in [2.45, 2.75) is 38.9 Å². The number of piperazine rings is 1. The van der Waals surface area contributed by atoms with Crippen LogP contribution in [0.5, 0.6) is 5.75 Å². The molecule has 29 heavy (non-hydrogen) atoms. The van der Waals surface area contributed by atoms with Crippen LogP contribution in [-0.2, 0) is 13.1 Å². The molecule has 7 nitrogen and oxygen atoms in total. The maximum absolute atomic E-state index is 12.7. The SMILES string of the molecule is CCOc1ccc(CN(Cc2nc(C(=O)N3CCN(C)CC3)co2)C2CC2)cc1. The van der Waals surface area contributed by atoms with Crippen LogP contribution in [0.2, 0.25) is 0 Å². The van der Waals surface area contributed by atoms with Gasteiger partial charge in [-0.05, 0) is 44.5 Å². The van der Waals surface area contributed by atoms with Crippen molar-refractivity contribution < 1.29 is 13.9 Å². The number of nitrogens with zero attached hydrogens (tertiary/aromatic N) is 4. The number of likely N-dealkylation sites (N-methyl/N-ethyl adjacent to an activating group) is 1. The third-order valence-corrected chi connectivity index (χ3v) is 5.58. The minimum Gasteiger partial charge on any atom is -0.494 e. The number of aromatic nitrogens is 1. The van der Waals surface area contributed by atoms with E-state index in [1.165, 1.54) is 24.7 Å². The van der Waals surface area contributed by atoms with Gasteiger partial charge >= 0.3 is 0 Å². The van der Waals surface area contributed by atoms with E-state index in [0.29, 0.717) is 30.8 Å². The van der Waals surface area contributed by atoms with Crippen LogP contribution in [-0.4, -0.2) is 71.5 Å². The molecule has 2 aromatic rings. The van der Waals surface area contributed by atoms with Gasteiger partial charge in [0.15, 0.2) is 5.69 Å². The van der Waals surface area contributed by atoms with Crippen molar-refractivity contribution in [2.75, 3.05) is 39.8 Å². The molecule has 0 unspecified atom stereocenters. The van der Waals surface area contributed by atoms with Gasteiger partial charge in [-0.3, -0.25) is 9.69 Å². The van der Waals surface area contributed by atoms with Gasteiger partial charge in [-0.15, -0.1) is 0 Å². The second-order valence-corrected chi connectivity index (χ2v) is 7.94. The molecule has 1 aromatic carbocycles. The number of carbonyl (C=O) groups excluding carboxylic acids is 1. The zero-order valence-corrected chi connectivity index (χ0v) is 17.3. The van der Waals surface area contributed by atoms with E-state index >= 15 is 0 Å². The van der Waals surface area contributed by atoms with Crippen LogP contribution in [0.15, 0.2) is 34.9 Å². The fraction of sp³-hybridized carbons (Fsp3) is 0.545. The highest BCUT2D eigenvalue weighted by atomic mass is 16.5. The average Bonchev–Trinajstić information content (AvgIpc) is 3.48. The first-order chi connectivity index (χ1) is 14.1. The van der Waals surface area contributed by atoms with Crippen LogP contribution in [0.3, 0.4) is 0 Å². The van der Waals surface area contributed by atoms with Gasteiger partial charge in [0.25, 0.3) is 5.91 Å². The Labute approximate surface area is 172 Å². The number of hydrogen-bond acceptors (Lipinski definition) is 6. The first kappa shape index (κ1) is 19.9. The summed E-state index contributed by atoms with van der Waals surface area (Å²) >= 11 is 0. The summed E-state index contributed by atoms with van der Waals surface area (Å²) in [4.78, 5) is 23.7. The summed E-state index contributed by atoms with van der Waals surface area (Å²) in [6.45, 7) is 7.39. The smallest absolute Gasteiger partial charge is 0.275 e. The molecule has 2 heterocycles. The zero-order valence-electron chi connectivity index (χ0n) is 17.3. The van der Waals surface area contributed by atoms with Crippen LogP contribution >= 0.6 is 0 Å². The van der Waals surface area contributed by atoms with Gasteiger partial charge in [-0.2, -0.15) is 0 Å². The standard InChI is InChI=1S/C22H30N4O3/c1-3-28-19-8-4-17(5-9-19)14-26(18-6-7-18)15-21-23-20(16-29-21)22(27)25-12-10-24(2)11-13-25/h4-5,8-9,16,18H,3,6-7,10-15H2,1-2H3. The minimum atomic E-state index is -0.0300. The molecule has 156 valence electrons. The van der Waals surface area contributed by atoms with Crippen LogP contribution in [0, 0.1) is 0 Å². The summed E-state index contributed by atoms with van der Waals surface area (Å²) < 4.78 is 11.2. The van der Waals surface area contributed by atoms with Crippen molar-refractivity contribution >= 4 is 5.91 Å². The molecule has 1 aliphatic heterocycles. The fourth-order valence-corrected chi connectivity index (χ4v) is 3.67. The second-order valence-electron chi connectivity index (χ2n) is 7.94. The third-order valence-electron chi connectivity index (χ3n) is 5.58. The molecule has 1 saturated carbocycles. The summed E-state index contributed by atoms with van der Waals surface area (Å²) in [6, 6.07) is 8.81. The predicted octanol–water partition coefficient (Wildman–Crippen LogP) is 2.63. The lowest BCUT2D eigenvalue weighted by molar-refractivity contribution is 0.0658. The first-order valence-corrected chi connectivity index (χ1v) is 10.5. The molecule has 1 aliphatic carbocycles. The van der Waals surface area contributed by atoms with Gasteiger partial charge in [0, 0.05) is 38.8 Å². The van der Waals surface area contributed by atoms with E-state index in [1.807, 2.05) is 24.0 Å². The van der Waals surface area contributed by atoms with Crippen LogP contribution in [0.1, 0.15) is 41.7 Å². The quantitative estimate of drug-likeness (QED) is 0.681. The van der Waals surface area contributed by atoms with E-state index in [4.69, 9.17) is 9.15 Å². The third kappa shape index (κ3) is 5.16. The van der Waals surface area contributed by atoms with E-state index in [-0.39, 0.29) is 5.91 Å². The summed E-state index contributed by atoms with van der Waals surface area (Å²) in [6.07, 6.45) is 3.91. The summed E-state index contributed by atoms with van der Waals surface area (Å²) in [5, 5.41) is 0. The Hall–Kier alpha value is -2.38. The van der Waals surface area contributed by atoms with Gasteiger partial charge in [-0.25, -0.2) is 4.98 Å². The largest absolute Gasteiger partial charge is 0.494 e. The fourth-order valence-electron chi connectivity index (χ4n) is 3.67. The molecular weight excluding hydrogens is 368 g/mol. The highest BCUT2D eigenvalue weighted by Gasteiger charge is 2.30. The van der Waals surface area contributed by atoms with Crippen molar-refractivity contribution in [3.05, 3.63) is 47.7 Å². The Bertz CT molecular complexity index is 808. The molecule has 0 spiro atoms. The normalized spacial score (nSPS) is 17.7. The van der Waals surface area contributed by atoms with Crippen molar-refractivity contribution in [3.8, 4) is 5.75 Å². The maximum atomic E-state index is 12.7. The van der Waals surface area contributed by atoms with Crippen LogP contribution < -0.4 is 4.74 Å². The molecule has 2 aliphatic rings. The lowest BCUT2D eigenvalue weighted by atomic mass is 10.2.